The zero-order chi connectivity index (χ0) is 13.3. The Balaban J connectivity index is 4.16. The Labute approximate surface area is 101 Å². The van der Waals surface area contributed by atoms with E-state index < -0.39 is 0 Å². The number of rotatable bonds is 7. The molecule has 0 aliphatic rings. The smallest absolute Gasteiger partial charge is 0.333 e. The monoisotopic (exact) mass is 242 g/mol. The van der Waals surface area contributed by atoms with Crippen molar-refractivity contribution in [1.29, 1.82) is 0 Å². The van der Waals surface area contributed by atoms with E-state index in [4.69, 9.17) is 4.74 Å². The molecule has 0 aliphatic heterocycles. The number of amides is 2. The number of carbonyl (C=O) groups is 3. The Morgan fingerprint density at radius 3 is 2.59 bits per heavy atom. The zero-order valence-electron chi connectivity index (χ0n) is 10.4. The molecule has 0 bridgehead atoms. The zero-order valence-corrected chi connectivity index (χ0v) is 10.4. The highest BCUT2D eigenvalue weighted by Crippen LogP contribution is 1.97. The van der Waals surface area contributed by atoms with Crippen LogP contribution in [0.15, 0.2) is 11.6 Å². The molecule has 0 radical (unpaired) electrons. The number of carbonyl (C=O) groups excluding carboxylic acids is 3. The van der Waals surface area contributed by atoms with E-state index in [2.05, 4.69) is 5.32 Å². The van der Waals surface area contributed by atoms with Crippen molar-refractivity contribution in [2.75, 3.05) is 26.7 Å². The van der Waals surface area contributed by atoms with Crippen LogP contribution in [-0.2, 0) is 19.1 Å². The standard InChI is InChI=1S/C11H18N2O4/c1-4-17-11(16)9(2)5-6-13(3)10(15)7-12-8-14/h5,8H,4,6-7H2,1-3H3,(H,12,14). The van der Waals surface area contributed by atoms with E-state index in [0.717, 1.165) is 0 Å². The van der Waals surface area contributed by atoms with Gasteiger partial charge in [-0.05, 0) is 13.8 Å². The van der Waals surface area contributed by atoms with Gasteiger partial charge in [-0.25, -0.2) is 4.79 Å². The number of hydrogen-bond donors (Lipinski definition) is 1. The van der Waals surface area contributed by atoms with E-state index in [1.165, 1.54) is 4.90 Å². The van der Waals surface area contributed by atoms with Crippen LogP contribution in [0.1, 0.15) is 13.8 Å². The molecule has 0 aromatic rings. The van der Waals surface area contributed by atoms with E-state index in [0.29, 0.717) is 25.1 Å². The fourth-order valence-electron chi connectivity index (χ4n) is 0.968. The Bertz CT molecular complexity index is 313. The second-order valence-electron chi connectivity index (χ2n) is 3.38. The Morgan fingerprint density at radius 2 is 2.06 bits per heavy atom. The number of likely N-dealkylation sites (N-methyl/N-ethyl adjacent to an activating group) is 1. The molecule has 0 spiro atoms. The maximum absolute atomic E-state index is 11.4. The number of hydrogen-bond acceptors (Lipinski definition) is 4. The summed E-state index contributed by atoms with van der Waals surface area (Å²) in [7, 11) is 1.59. The van der Waals surface area contributed by atoms with Gasteiger partial charge in [-0.3, -0.25) is 9.59 Å². The molecule has 0 unspecified atom stereocenters. The highest BCUT2D eigenvalue weighted by molar-refractivity contribution is 5.88. The van der Waals surface area contributed by atoms with Gasteiger partial charge in [0.25, 0.3) is 0 Å². The molecule has 2 amide bonds. The summed E-state index contributed by atoms with van der Waals surface area (Å²) in [5.41, 5.74) is 0.454. The van der Waals surface area contributed by atoms with Crippen molar-refractivity contribution in [3.8, 4) is 0 Å². The Hall–Kier alpha value is -1.85. The van der Waals surface area contributed by atoms with Gasteiger partial charge in [0.1, 0.15) is 0 Å². The topological polar surface area (TPSA) is 75.7 Å². The van der Waals surface area contributed by atoms with Crippen LogP contribution >= 0.6 is 0 Å². The van der Waals surface area contributed by atoms with Crippen molar-refractivity contribution in [1.82, 2.24) is 10.2 Å². The summed E-state index contributed by atoms with van der Waals surface area (Å²) in [6.07, 6.45) is 2.07. The summed E-state index contributed by atoms with van der Waals surface area (Å²) in [5.74, 6) is -0.621. The molecule has 96 valence electrons. The summed E-state index contributed by atoms with van der Waals surface area (Å²) < 4.78 is 4.79. The van der Waals surface area contributed by atoms with Crippen molar-refractivity contribution in [3.05, 3.63) is 11.6 Å². The molecule has 0 saturated carbocycles. The van der Waals surface area contributed by atoms with Crippen LogP contribution in [0.25, 0.3) is 0 Å². The quantitative estimate of drug-likeness (QED) is 0.378. The van der Waals surface area contributed by atoms with Crippen LogP contribution in [0.5, 0.6) is 0 Å². The summed E-state index contributed by atoms with van der Waals surface area (Å²) in [6.45, 7) is 3.92. The average molecular weight is 242 g/mol. The minimum Gasteiger partial charge on any atom is -0.463 e. The van der Waals surface area contributed by atoms with Gasteiger partial charge in [-0.1, -0.05) is 6.08 Å². The van der Waals surface area contributed by atoms with E-state index >= 15 is 0 Å². The van der Waals surface area contributed by atoms with Gasteiger partial charge < -0.3 is 15.0 Å². The van der Waals surface area contributed by atoms with Crippen molar-refractivity contribution in [2.24, 2.45) is 0 Å². The maximum Gasteiger partial charge on any atom is 0.333 e. The lowest BCUT2D eigenvalue weighted by molar-refractivity contribution is -0.138. The van der Waals surface area contributed by atoms with Crippen LogP contribution in [-0.4, -0.2) is 49.9 Å². The molecule has 0 aromatic carbocycles. The molecular formula is C11H18N2O4. The second kappa shape index (κ2) is 8.32. The van der Waals surface area contributed by atoms with Crippen molar-refractivity contribution >= 4 is 18.3 Å². The lowest BCUT2D eigenvalue weighted by Crippen LogP contribution is -2.35. The second-order valence-corrected chi connectivity index (χ2v) is 3.38. The summed E-state index contributed by atoms with van der Waals surface area (Å²) in [6, 6.07) is 0. The normalized spacial score (nSPS) is 10.6. The molecule has 0 saturated heterocycles. The largest absolute Gasteiger partial charge is 0.463 e. The first-order chi connectivity index (χ1) is 8.02. The maximum atomic E-state index is 11.4. The molecule has 6 heteroatoms. The first-order valence-corrected chi connectivity index (χ1v) is 5.27. The van der Waals surface area contributed by atoms with E-state index in [1.807, 2.05) is 0 Å². The van der Waals surface area contributed by atoms with Crippen molar-refractivity contribution in [3.63, 3.8) is 0 Å². The third-order valence-corrected chi connectivity index (χ3v) is 2.03. The van der Waals surface area contributed by atoms with Gasteiger partial charge in [0.2, 0.25) is 12.3 Å². The number of esters is 1. The molecule has 0 heterocycles. The van der Waals surface area contributed by atoms with E-state index in [1.54, 1.807) is 27.0 Å². The summed E-state index contributed by atoms with van der Waals surface area (Å²) in [4.78, 5) is 34.0. The first-order valence-electron chi connectivity index (χ1n) is 5.27. The SMILES string of the molecule is CCOC(=O)C(C)=CCN(C)C(=O)CNC=O. The van der Waals surface area contributed by atoms with Crippen LogP contribution in [0.3, 0.4) is 0 Å². The Morgan fingerprint density at radius 1 is 1.41 bits per heavy atom. The van der Waals surface area contributed by atoms with Gasteiger partial charge >= 0.3 is 5.97 Å². The molecular weight excluding hydrogens is 224 g/mol. The first kappa shape index (κ1) is 15.2. The van der Waals surface area contributed by atoms with Crippen molar-refractivity contribution < 1.29 is 19.1 Å². The molecule has 0 aromatic heterocycles. The number of nitrogens with zero attached hydrogens (tertiary/aromatic N) is 1. The van der Waals surface area contributed by atoms with Gasteiger partial charge in [0, 0.05) is 19.2 Å². The van der Waals surface area contributed by atoms with Gasteiger partial charge in [0.15, 0.2) is 0 Å². The lowest BCUT2D eigenvalue weighted by atomic mass is 10.3. The van der Waals surface area contributed by atoms with Gasteiger partial charge in [0.05, 0.1) is 13.2 Å². The predicted octanol–water partition coefficient (Wildman–Crippen LogP) is -0.300. The highest BCUT2D eigenvalue weighted by atomic mass is 16.5. The predicted molar refractivity (Wildman–Crippen MR) is 62.1 cm³/mol. The molecule has 6 nitrogen and oxygen atoms in total. The van der Waals surface area contributed by atoms with Gasteiger partial charge in [-0.15, -0.1) is 0 Å². The minimum absolute atomic E-state index is 0.0493. The average Bonchev–Trinajstić information content (AvgIpc) is 2.32. The highest BCUT2D eigenvalue weighted by Gasteiger charge is 2.08. The summed E-state index contributed by atoms with van der Waals surface area (Å²) >= 11 is 0. The number of ether oxygens (including phenoxy) is 1. The van der Waals surface area contributed by atoms with Crippen LogP contribution in [0, 0.1) is 0 Å². The molecule has 0 atom stereocenters. The lowest BCUT2D eigenvalue weighted by Gasteiger charge is -2.14. The molecule has 0 aliphatic carbocycles. The van der Waals surface area contributed by atoms with Crippen LogP contribution in [0.4, 0.5) is 0 Å². The summed E-state index contributed by atoms with van der Waals surface area (Å²) in [5, 5.41) is 2.28. The molecule has 0 rings (SSSR count). The Kier molecular flexibility index (Phi) is 7.41. The van der Waals surface area contributed by atoms with E-state index in [9.17, 15) is 14.4 Å². The third kappa shape index (κ3) is 6.34. The molecule has 0 fully saturated rings. The van der Waals surface area contributed by atoms with E-state index in [-0.39, 0.29) is 18.4 Å². The fraction of sp³-hybridized carbons (Fsp3) is 0.545. The van der Waals surface area contributed by atoms with Crippen LogP contribution in [0.2, 0.25) is 0 Å². The van der Waals surface area contributed by atoms with Crippen LogP contribution < -0.4 is 5.32 Å². The number of nitrogens with one attached hydrogen (secondary N) is 1. The van der Waals surface area contributed by atoms with Crippen molar-refractivity contribution in [2.45, 2.75) is 13.8 Å². The third-order valence-electron chi connectivity index (χ3n) is 2.03. The van der Waals surface area contributed by atoms with Gasteiger partial charge in [-0.2, -0.15) is 0 Å². The molecule has 17 heavy (non-hydrogen) atoms. The fourth-order valence-corrected chi connectivity index (χ4v) is 0.968. The molecule has 1 N–H and O–H groups in total. The minimum atomic E-state index is -0.389.